The summed E-state index contributed by atoms with van der Waals surface area (Å²) in [6.45, 7) is 2.93. The molecular formula is C25H31NO5. The Morgan fingerprint density at radius 3 is 2.84 bits per heavy atom. The molecule has 2 aliphatic carbocycles. The Bertz CT molecular complexity index is 1060. The Hall–Kier alpha value is -2.34. The van der Waals surface area contributed by atoms with E-state index in [1.807, 2.05) is 17.0 Å². The molecule has 1 saturated heterocycles. The van der Waals surface area contributed by atoms with Crippen molar-refractivity contribution in [3.05, 3.63) is 39.7 Å². The number of likely N-dealkylation sites (tertiary alicyclic amines) is 1. The van der Waals surface area contributed by atoms with E-state index in [1.165, 1.54) is 0 Å². The van der Waals surface area contributed by atoms with Crippen LogP contribution in [0.15, 0.2) is 27.4 Å². The number of carbonyl (C=O) groups is 1. The maximum Gasteiger partial charge on any atom is 0.339 e. The molecule has 2 aromatic rings. The van der Waals surface area contributed by atoms with E-state index >= 15 is 0 Å². The van der Waals surface area contributed by atoms with E-state index < -0.39 is 11.7 Å². The Labute approximate surface area is 182 Å². The summed E-state index contributed by atoms with van der Waals surface area (Å²) in [5, 5.41) is 11.8. The highest BCUT2D eigenvalue weighted by Gasteiger charge is 2.44. The number of hydrogen-bond donors (Lipinski definition) is 1. The molecule has 0 unspecified atom stereocenters. The molecule has 0 bridgehead atoms. The fourth-order valence-electron chi connectivity index (χ4n) is 5.78. The second-order valence-corrected chi connectivity index (χ2v) is 9.55. The molecule has 6 heteroatoms. The van der Waals surface area contributed by atoms with Crippen LogP contribution in [0.2, 0.25) is 0 Å². The standard InChI is InChI=1S/C25H31NO5/c1-16(23(27)26-13-12-25(29)11-5-4-6-17(25)15-26)30-18-9-10-20-19-7-2-3-8-21(19)24(28)31-22(20)14-18/h9-10,14,16-17,29H,2-8,11-13,15H2,1H3/t16-,17+,25-/m1/s1. The molecular weight excluding hydrogens is 394 g/mol. The highest BCUT2D eigenvalue weighted by Crippen LogP contribution is 2.40. The highest BCUT2D eigenvalue weighted by molar-refractivity contribution is 5.84. The van der Waals surface area contributed by atoms with Crippen LogP contribution in [0.4, 0.5) is 0 Å². The summed E-state index contributed by atoms with van der Waals surface area (Å²) in [5.74, 6) is 0.630. The third-order valence-corrected chi connectivity index (χ3v) is 7.59. The third-order valence-electron chi connectivity index (χ3n) is 7.59. The van der Waals surface area contributed by atoms with Crippen molar-refractivity contribution in [1.29, 1.82) is 0 Å². The lowest BCUT2D eigenvalue weighted by Crippen LogP contribution is -2.56. The predicted octanol–water partition coefficient (Wildman–Crippen LogP) is 3.59. The van der Waals surface area contributed by atoms with Crippen molar-refractivity contribution in [3.8, 4) is 5.75 Å². The number of amides is 1. The van der Waals surface area contributed by atoms with Gasteiger partial charge >= 0.3 is 5.63 Å². The number of fused-ring (bicyclic) bond motifs is 4. The number of benzene rings is 1. The van der Waals surface area contributed by atoms with Gasteiger partial charge in [0.05, 0.1) is 5.60 Å². The Morgan fingerprint density at radius 1 is 1.19 bits per heavy atom. The fourth-order valence-corrected chi connectivity index (χ4v) is 5.78. The van der Waals surface area contributed by atoms with Crippen LogP contribution >= 0.6 is 0 Å². The maximum atomic E-state index is 13.0. The maximum absolute atomic E-state index is 13.0. The number of carbonyl (C=O) groups excluding carboxylic acids is 1. The molecule has 5 rings (SSSR count). The first-order valence-electron chi connectivity index (χ1n) is 11.7. The van der Waals surface area contributed by atoms with Gasteiger partial charge in [-0.2, -0.15) is 0 Å². The van der Waals surface area contributed by atoms with Gasteiger partial charge < -0.3 is 19.2 Å². The highest BCUT2D eigenvalue weighted by atomic mass is 16.5. The van der Waals surface area contributed by atoms with Gasteiger partial charge in [0, 0.05) is 36.0 Å². The van der Waals surface area contributed by atoms with Crippen molar-refractivity contribution in [1.82, 2.24) is 4.90 Å². The zero-order valence-electron chi connectivity index (χ0n) is 18.2. The summed E-state index contributed by atoms with van der Waals surface area (Å²) < 4.78 is 11.5. The van der Waals surface area contributed by atoms with Crippen LogP contribution < -0.4 is 10.4 Å². The number of piperidine rings is 1. The second kappa shape index (κ2) is 7.97. The summed E-state index contributed by atoms with van der Waals surface area (Å²) in [4.78, 5) is 27.3. The topological polar surface area (TPSA) is 80.0 Å². The van der Waals surface area contributed by atoms with Gasteiger partial charge in [-0.15, -0.1) is 0 Å². The van der Waals surface area contributed by atoms with Gasteiger partial charge in [0.1, 0.15) is 11.3 Å². The average molecular weight is 426 g/mol. The molecule has 1 aromatic heterocycles. The number of ether oxygens (including phenoxy) is 1. The van der Waals surface area contributed by atoms with Crippen molar-refractivity contribution in [2.24, 2.45) is 5.92 Å². The van der Waals surface area contributed by atoms with Crippen LogP contribution in [0.25, 0.3) is 11.0 Å². The summed E-state index contributed by atoms with van der Waals surface area (Å²) in [5.41, 5.74) is 1.57. The molecule has 3 atom stereocenters. The van der Waals surface area contributed by atoms with E-state index in [2.05, 4.69) is 0 Å². The first-order chi connectivity index (χ1) is 14.9. The number of aryl methyl sites for hydroxylation is 1. The van der Waals surface area contributed by atoms with Gasteiger partial charge in [-0.25, -0.2) is 4.79 Å². The SMILES string of the molecule is C[C@@H](Oc1ccc2c3c(c(=O)oc2c1)CCCC3)C(=O)N1CC[C@]2(O)CCCC[C@H]2C1. The minimum atomic E-state index is -0.642. The van der Waals surface area contributed by atoms with E-state index in [0.29, 0.717) is 30.8 Å². The number of aliphatic hydroxyl groups is 1. The molecule has 1 saturated carbocycles. The average Bonchev–Trinajstić information content (AvgIpc) is 2.78. The summed E-state index contributed by atoms with van der Waals surface area (Å²) in [7, 11) is 0. The Balaban J connectivity index is 1.31. The molecule has 1 amide bonds. The zero-order valence-corrected chi connectivity index (χ0v) is 18.2. The van der Waals surface area contributed by atoms with Crippen molar-refractivity contribution >= 4 is 16.9 Å². The van der Waals surface area contributed by atoms with Crippen LogP contribution in [-0.4, -0.2) is 40.7 Å². The number of hydrogen-bond acceptors (Lipinski definition) is 5. The molecule has 3 aliphatic rings. The van der Waals surface area contributed by atoms with Crippen LogP contribution in [0.5, 0.6) is 5.75 Å². The Kier molecular flexibility index (Phi) is 5.29. The first-order valence-corrected chi connectivity index (χ1v) is 11.7. The van der Waals surface area contributed by atoms with Gasteiger partial charge in [-0.1, -0.05) is 12.8 Å². The van der Waals surface area contributed by atoms with Crippen molar-refractivity contribution in [2.45, 2.75) is 76.4 Å². The third kappa shape index (κ3) is 3.75. The quantitative estimate of drug-likeness (QED) is 0.760. The molecule has 0 spiro atoms. The fraction of sp³-hybridized carbons (Fsp3) is 0.600. The number of nitrogens with zero attached hydrogens (tertiary/aromatic N) is 1. The minimum Gasteiger partial charge on any atom is -0.481 e. The lowest BCUT2D eigenvalue weighted by Gasteiger charge is -2.47. The van der Waals surface area contributed by atoms with Crippen molar-refractivity contribution < 1.29 is 19.1 Å². The molecule has 1 N–H and O–H groups in total. The lowest BCUT2D eigenvalue weighted by molar-refractivity contribution is -0.149. The molecule has 2 heterocycles. The molecule has 1 aromatic carbocycles. The van der Waals surface area contributed by atoms with Crippen LogP contribution in [0.3, 0.4) is 0 Å². The molecule has 6 nitrogen and oxygen atoms in total. The monoisotopic (exact) mass is 425 g/mol. The number of rotatable bonds is 3. The van der Waals surface area contributed by atoms with E-state index in [0.717, 1.165) is 67.9 Å². The van der Waals surface area contributed by atoms with E-state index in [9.17, 15) is 14.7 Å². The van der Waals surface area contributed by atoms with Crippen molar-refractivity contribution in [3.63, 3.8) is 0 Å². The molecule has 0 radical (unpaired) electrons. The summed E-state index contributed by atoms with van der Waals surface area (Å²) in [6.07, 6.45) is 7.80. The van der Waals surface area contributed by atoms with Crippen LogP contribution in [0.1, 0.15) is 63.0 Å². The predicted molar refractivity (Wildman–Crippen MR) is 117 cm³/mol. The summed E-state index contributed by atoms with van der Waals surface area (Å²) in [6, 6.07) is 5.53. The normalized spacial score (nSPS) is 26.8. The van der Waals surface area contributed by atoms with E-state index in [1.54, 1.807) is 13.0 Å². The zero-order chi connectivity index (χ0) is 21.6. The van der Waals surface area contributed by atoms with Gasteiger partial charge in [0.15, 0.2) is 6.10 Å². The molecule has 2 fully saturated rings. The largest absolute Gasteiger partial charge is 0.481 e. The first kappa shape index (κ1) is 20.6. The molecule has 1 aliphatic heterocycles. The van der Waals surface area contributed by atoms with Gasteiger partial charge in [-0.05, 0) is 69.6 Å². The van der Waals surface area contributed by atoms with Gasteiger partial charge in [-0.3, -0.25) is 4.79 Å². The van der Waals surface area contributed by atoms with Crippen LogP contribution in [-0.2, 0) is 17.6 Å². The molecule has 166 valence electrons. The Morgan fingerprint density at radius 2 is 2.00 bits per heavy atom. The lowest BCUT2D eigenvalue weighted by atomic mass is 9.71. The van der Waals surface area contributed by atoms with Gasteiger partial charge in [0.25, 0.3) is 5.91 Å². The van der Waals surface area contributed by atoms with E-state index in [-0.39, 0.29) is 17.5 Å². The molecule has 31 heavy (non-hydrogen) atoms. The van der Waals surface area contributed by atoms with Gasteiger partial charge in [0.2, 0.25) is 0 Å². The van der Waals surface area contributed by atoms with Crippen LogP contribution in [0, 0.1) is 5.92 Å². The summed E-state index contributed by atoms with van der Waals surface area (Å²) >= 11 is 0. The van der Waals surface area contributed by atoms with Crippen molar-refractivity contribution in [2.75, 3.05) is 13.1 Å². The van der Waals surface area contributed by atoms with E-state index in [4.69, 9.17) is 9.15 Å². The smallest absolute Gasteiger partial charge is 0.339 e. The minimum absolute atomic E-state index is 0.0559. The second-order valence-electron chi connectivity index (χ2n) is 9.55.